The molecule has 7 nitrogen and oxygen atoms in total. The van der Waals surface area contributed by atoms with Crippen LogP contribution in [-0.4, -0.2) is 48.3 Å². The second kappa shape index (κ2) is 11.7. The molecular weight excluding hydrogens is 428 g/mol. The SMILES string of the molecule is O=C(CNc1ccc(C(=O)N2CCCCC2)cc1)Nc1cccc(C(=O)NC2CCCCC2)c1. The van der Waals surface area contributed by atoms with Crippen LogP contribution in [-0.2, 0) is 4.79 Å². The van der Waals surface area contributed by atoms with E-state index in [1.165, 1.54) is 12.8 Å². The maximum Gasteiger partial charge on any atom is 0.253 e. The lowest BCUT2D eigenvalue weighted by atomic mass is 9.95. The van der Waals surface area contributed by atoms with Crippen molar-refractivity contribution in [2.75, 3.05) is 30.3 Å². The van der Waals surface area contributed by atoms with Crippen molar-refractivity contribution in [3.05, 3.63) is 59.7 Å². The van der Waals surface area contributed by atoms with Gasteiger partial charge in [0, 0.05) is 41.6 Å². The van der Waals surface area contributed by atoms with Gasteiger partial charge in [-0.3, -0.25) is 14.4 Å². The third-order valence-corrected chi connectivity index (χ3v) is 6.58. The summed E-state index contributed by atoms with van der Waals surface area (Å²) in [6.45, 7) is 1.73. The molecule has 1 saturated heterocycles. The van der Waals surface area contributed by atoms with E-state index in [1.54, 1.807) is 36.4 Å². The monoisotopic (exact) mass is 462 g/mol. The molecule has 0 bridgehead atoms. The molecule has 2 fully saturated rings. The number of carbonyl (C=O) groups is 3. The van der Waals surface area contributed by atoms with Crippen molar-refractivity contribution in [3.8, 4) is 0 Å². The highest BCUT2D eigenvalue weighted by Gasteiger charge is 2.18. The topological polar surface area (TPSA) is 90.5 Å². The van der Waals surface area contributed by atoms with Gasteiger partial charge in [-0.2, -0.15) is 0 Å². The lowest BCUT2D eigenvalue weighted by molar-refractivity contribution is -0.114. The largest absolute Gasteiger partial charge is 0.376 e. The summed E-state index contributed by atoms with van der Waals surface area (Å²) in [7, 11) is 0. The number of benzene rings is 2. The predicted octanol–water partition coefficient (Wildman–Crippen LogP) is 4.43. The average molecular weight is 463 g/mol. The van der Waals surface area contributed by atoms with Crippen LogP contribution >= 0.6 is 0 Å². The fourth-order valence-electron chi connectivity index (χ4n) is 4.65. The van der Waals surface area contributed by atoms with E-state index in [0.29, 0.717) is 16.8 Å². The van der Waals surface area contributed by atoms with E-state index in [0.717, 1.165) is 57.3 Å². The standard InChI is InChI=1S/C27H34N4O3/c32-25(19-28-22-14-12-20(13-15-22)27(34)31-16-5-2-6-17-31)29-24-11-7-8-21(18-24)26(33)30-23-9-3-1-4-10-23/h7-8,11-15,18,23,28H,1-6,9-10,16-17,19H2,(H,29,32)(H,30,33). The van der Waals surface area contributed by atoms with Crippen LogP contribution in [0.5, 0.6) is 0 Å². The summed E-state index contributed by atoms with van der Waals surface area (Å²) in [6.07, 6.45) is 8.93. The number of rotatable bonds is 7. The van der Waals surface area contributed by atoms with Crippen LogP contribution in [0.4, 0.5) is 11.4 Å². The molecule has 7 heteroatoms. The molecule has 2 aromatic rings. The van der Waals surface area contributed by atoms with Crippen molar-refractivity contribution in [1.29, 1.82) is 0 Å². The first-order chi connectivity index (χ1) is 16.6. The van der Waals surface area contributed by atoms with Gasteiger partial charge in [-0.05, 0) is 74.6 Å². The molecule has 2 aromatic carbocycles. The number of amides is 3. The number of piperidine rings is 1. The Labute approximate surface area is 201 Å². The molecule has 0 spiro atoms. The van der Waals surface area contributed by atoms with E-state index in [-0.39, 0.29) is 30.3 Å². The molecule has 0 atom stereocenters. The number of carbonyl (C=O) groups excluding carboxylic acids is 3. The number of likely N-dealkylation sites (tertiary alicyclic amines) is 1. The van der Waals surface area contributed by atoms with Crippen LogP contribution in [0.3, 0.4) is 0 Å². The fraction of sp³-hybridized carbons (Fsp3) is 0.444. The van der Waals surface area contributed by atoms with E-state index in [9.17, 15) is 14.4 Å². The van der Waals surface area contributed by atoms with Crippen LogP contribution in [0.25, 0.3) is 0 Å². The maximum atomic E-state index is 12.6. The summed E-state index contributed by atoms with van der Waals surface area (Å²) >= 11 is 0. The highest BCUT2D eigenvalue weighted by atomic mass is 16.2. The zero-order valence-electron chi connectivity index (χ0n) is 19.6. The van der Waals surface area contributed by atoms with Crippen LogP contribution in [0.1, 0.15) is 72.1 Å². The Morgan fingerprint density at radius 2 is 1.50 bits per heavy atom. The summed E-state index contributed by atoms with van der Waals surface area (Å²) in [6, 6.07) is 14.5. The molecule has 1 aliphatic carbocycles. The van der Waals surface area contributed by atoms with Crippen molar-refractivity contribution >= 4 is 29.1 Å². The highest BCUT2D eigenvalue weighted by Crippen LogP contribution is 2.19. The molecule has 180 valence electrons. The van der Waals surface area contributed by atoms with E-state index < -0.39 is 0 Å². The second-order valence-corrected chi connectivity index (χ2v) is 9.22. The Balaban J connectivity index is 1.25. The molecule has 4 rings (SSSR count). The molecule has 0 radical (unpaired) electrons. The highest BCUT2D eigenvalue weighted by molar-refractivity contribution is 5.98. The summed E-state index contributed by atoms with van der Waals surface area (Å²) in [5, 5.41) is 9.03. The van der Waals surface area contributed by atoms with E-state index in [4.69, 9.17) is 0 Å². The van der Waals surface area contributed by atoms with Gasteiger partial charge >= 0.3 is 0 Å². The third-order valence-electron chi connectivity index (χ3n) is 6.58. The first kappa shape index (κ1) is 23.8. The van der Waals surface area contributed by atoms with Gasteiger partial charge in [0.15, 0.2) is 0 Å². The van der Waals surface area contributed by atoms with Crippen LogP contribution in [0.15, 0.2) is 48.5 Å². The van der Waals surface area contributed by atoms with Crippen molar-refractivity contribution in [2.45, 2.75) is 57.4 Å². The van der Waals surface area contributed by atoms with Gasteiger partial charge in [0.2, 0.25) is 5.91 Å². The number of hydrogen-bond donors (Lipinski definition) is 3. The molecule has 1 saturated carbocycles. The maximum absolute atomic E-state index is 12.6. The first-order valence-corrected chi connectivity index (χ1v) is 12.4. The van der Waals surface area contributed by atoms with Gasteiger partial charge in [-0.1, -0.05) is 25.3 Å². The van der Waals surface area contributed by atoms with Gasteiger partial charge in [-0.15, -0.1) is 0 Å². The average Bonchev–Trinajstić information content (AvgIpc) is 2.88. The lowest BCUT2D eigenvalue weighted by Crippen LogP contribution is -2.36. The lowest BCUT2D eigenvalue weighted by Gasteiger charge is -2.26. The summed E-state index contributed by atoms with van der Waals surface area (Å²) in [5.41, 5.74) is 2.57. The van der Waals surface area contributed by atoms with Crippen LogP contribution in [0, 0.1) is 0 Å². The Morgan fingerprint density at radius 3 is 2.24 bits per heavy atom. The molecule has 0 aromatic heterocycles. The molecule has 1 aliphatic heterocycles. The number of anilines is 2. The minimum Gasteiger partial charge on any atom is -0.376 e. The Hall–Kier alpha value is -3.35. The summed E-state index contributed by atoms with van der Waals surface area (Å²) in [4.78, 5) is 39.5. The Kier molecular flexibility index (Phi) is 8.17. The van der Waals surface area contributed by atoms with E-state index in [2.05, 4.69) is 16.0 Å². The molecule has 2 aliphatic rings. The summed E-state index contributed by atoms with van der Waals surface area (Å²) < 4.78 is 0. The van der Waals surface area contributed by atoms with Crippen molar-refractivity contribution in [3.63, 3.8) is 0 Å². The zero-order valence-corrected chi connectivity index (χ0v) is 19.6. The number of hydrogen-bond acceptors (Lipinski definition) is 4. The van der Waals surface area contributed by atoms with Crippen LogP contribution < -0.4 is 16.0 Å². The van der Waals surface area contributed by atoms with E-state index >= 15 is 0 Å². The fourth-order valence-corrected chi connectivity index (χ4v) is 4.65. The smallest absolute Gasteiger partial charge is 0.253 e. The van der Waals surface area contributed by atoms with Gasteiger partial charge in [0.1, 0.15) is 0 Å². The van der Waals surface area contributed by atoms with Gasteiger partial charge < -0.3 is 20.9 Å². The Bertz CT molecular complexity index is 993. The van der Waals surface area contributed by atoms with Crippen molar-refractivity contribution < 1.29 is 14.4 Å². The van der Waals surface area contributed by atoms with Gasteiger partial charge in [-0.25, -0.2) is 0 Å². The molecular formula is C27H34N4O3. The zero-order chi connectivity index (χ0) is 23.8. The molecule has 3 amide bonds. The number of nitrogens with zero attached hydrogens (tertiary/aromatic N) is 1. The van der Waals surface area contributed by atoms with Gasteiger partial charge in [0.05, 0.1) is 6.54 Å². The minimum atomic E-state index is -0.210. The number of nitrogens with one attached hydrogen (secondary N) is 3. The van der Waals surface area contributed by atoms with Crippen molar-refractivity contribution in [1.82, 2.24) is 10.2 Å². The molecule has 34 heavy (non-hydrogen) atoms. The first-order valence-electron chi connectivity index (χ1n) is 12.4. The Morgan fingerprint density at radius 1 is 0.794 bits per heavy atom. The van der Waals surface area contributed by atoms with E-state index in [1.807, 2.05) is 17.0 Å². The molecule has 1 heterocycles. The molecule has 0 unspecified atom stereocenters. The minimum absolute atomic E-state index is 0.0661. The normalized spacial score (nSPS) is 16.5. The van der Waals surface area contributed by atoms with Crippen LogP contribution in [0.2, 0.25) is 0 Å². The predicted molar refractivity (Wildman–Crippen MR) is 134 cm³/mol. The van der Waals surface area contributed by atoms with Crippen molar-refractivity contribution in [2.24, 2.45) is 0 Å². The second-order valence-electron chi connectivity index (χ2n) is 9.22. The quantitative estimate of drug-likeness (QED) is 0.568. The molecule has 3 N–H and O–H groups in total. The third kappa shape index (κ3) is 6.59. The van der Waals surface area contributed by atoms with Gasteiger partial charge in [0.25, 0.3) is 11.8 Å². The summed E-state index contributed by atoms with van der Waals surface area (Å²) in [5.74, 6) is -0.241.